The van der Waals surface area contributed by atoms with E-state index >= 15 is 0 Å². The monoisotopic (exact) mass is 610 g/mol. The summed E-state index contributed by atoms with van der Waals surface area (Å²) in [5.41, 5.74) is 4.85. The number of carbonyl (C=O) groups excluding carboxylic acids is 2. The van der Waals surface area contributed by atoms with Gasteiger partial charge < -0.3 is 19.0 Å². The van der Waals surface area contributed by atoms with Gasteiger partial charge in [0.15, 0.2) is 0 Å². The number of cyclic esters (lactones) is 1. The highest BCUT2D eigenvalue weighted by Gasteiger charge is 2.41. The van der Waals surface area contributed by atoms with Crippen molar-refractivity contribution in [3.8, 4) is 11.8 Å². The zero-order valence-corrected chi connectivity index (χ0v) is 27.1. The Hall–Kier alpha value is -3.82. The van der Waals surface area contributed by atoms with Crippen LogP contribution in [-0.4, -0.2) is 36.9 Å². The molecule has 3 fully saturated rings. The number of aliphatic hydroxyl groups is 1. The van der Waals surface area contributed by atoms with Crippen LogP contribution in [0.15, 0.2) is 64.6 Å². The molecular formula is C39H46O6. The van der Waals surface area contributed by atoms with Gasteiger partial charge in [-0.2, -0.15) is 0 Å². The van der Waals surface area contributed by atoms with Crippen molar-refractivity contribution in [3.05, 3.63) is 82.6 Å². The van der Waals surface area contributed by atoms with Gasteiger partial charge >= 0.3 is 11.9 Å². The van der Waals surface area contributed by atoms with Crippen LogP contribution in [0.5, 0.6) is 0 Å². The highest BCUT2D eigenvalue weighted by atomic mass is 16.6. The smallest absolute Gasteiger partial charge is 0.334 e. The molecule has 238 valence electrons. The van der Waals surface area contributed by atoms with Crippen molar-refractivity contribution in [2.24, 2.45) is 23.2 Å². The molecule has 3 aliphatic rings. The minimum Gasteiger partial charge on any atom is -0.462 e. The average Bonchev–Trinajstić information content (AvgIpc) is 3.59. The number of furan rings is 1. The fourth-order valence-corrected chi connectivity index (χ4v) is 7.67. The summed E-state index contributed by atoms with van der Waals surface area (Å²) in [6.45, 7) is 6.93. The van der Waals surface area contributed by atoms with Gasteiger partial charge in [0.25, 0.3) is 0 Å². The highest BCUT2D eigenvalue weighted by molar-refractivity contribution is 5.90. The third kappa shape index (κ3) is 8.67. The van der Waals surface area contributed by atoms with Gasteiger partial charge in [0.2, 0.25) is 0 Å². The van der Waals surface area contributed by atoms with Crippen LogP contribution >= 0.6 is 0 Å². The van der Waals surface area contributed by atoms with Gasteiger partial charge in [0.1, 0.15) is 24.1 Å². The Morgan fingerprint density at radius 3 is 2.44 bits per heavy atom. The standard InChI is InChI=1S/C38H42O5.CH4O/c1-25-4-6-27(7-5-25)8-9-28-10-12-35-32(19-28)21-33(42-35)11-13-36(39)41-24-34-20-31(37(40)43-34)14-15-38(3)22-29-16-26(2)17-30(18-29)23-38;1-2/h4-7,10,12,14,19,21,26,29-30,34H,11,13,15-18,20,22-24H2,1-3H3;2H,1H3/b31-14+;. The lowest BCUT2D eigenvalue weighted by Crippen LogP contribution is -2.35. The lowest BCUT2D eigenvalue weighted by Gasteiger charge is -2.47. The summed E-state index contributed by atoms with van der Waals surface area (Å²) < 4.78 is 17.0. The van der Waals surface area contributed by atoms with Crippen molar-refractivity contribution in [2.75, 3.05) is 13.7 Å². The molecule has 3 atom stereocenters. The van der Waals surface area contributed by atoms with Crippen LogP contribution in [0, 0.1) is 41.9 Å². The fraction of sp³-hybridized carbons (Fsp3) is 0.487. The zero-order valence-electron chi connectivity index (χ0n) is 27.1. The second-order valence-electron chi connectivity index (χ2n) is 13.7. The molecule has 0 radical (unpaired) electrons. The molecule has 45 heavy (non-hydrogen) atoms. The summed E-state index contributed by atoms with van der Waals surface area (Å²) in [4.78, 5) is 25.0. The van der Waals surface area contributed by atoms with Crippen LogP contribution in [0.1, 0.15) is 87.7 Å². The number of aliphatic hydroxyl groups excluding tert-OH is 1. The third-order valence-corrected chi connectivity index (χ3v) is 9.50. The second kappa shape index (κ2) is 14.5. The maximum atomic E-state index is 12.5. The molecule has 2 aromatic carbocycles. The number of hydrogen-bond donors (Lipinski definition) is 1. The van der Waals surface area contributed by atoms with Crippen molar-refractivity contribution in [3.63, 3.8) is 0 Å². The first-order chi connectivity index (χ1) is 21.7. The summed E-state index contributed by atoms with van der Waals surface area (Å²) in [6.07, 6.45) is 10.3. The Labute approximate surface area is 267 Å². The van der Waals surface area contributed by atoms with Gasteiger partial charge in [0, 0.05) is 42.0 Å². The van der Waals surface area contributed by atoms with Crippen LogP contribution in [-0.2, 0) is 25.5 Å². The molecule has 6 heteroatoms. The molecule has 2 saturated carbocycles. The molecule has 2 heterocycles. The molecule has 1 N–H and O–H groups in total. The van der Waals surface area contributed by atoms with Crippen molar-refractivity contribution in [2.45, 2.75) is 84.7 Å². The normalized spacial score (nSPS) is 26.4. The van der Waals surface area contributed by atoms with E-state index in [1.54, 1.807) is 0 Å². The molecular weight excluding hydrogens is 564 g/mol. The second-order valence-corrected chi connectivity index (χ2v) is 13.7. The molecule has 6 rings (SSSR count). The van der Waals surface area contributed by atoms with E-state index in [-0.39, 0.29) is 30.4 Å². The fourth-order valence-electron chi connectivity index (χ4n) is 7.67. The number of benzene rings is 2. The maximum Gasteiger partial charge on any atom is 0.334 e. The van der Waals surface area contributed by atoms with E-state index < -0.39 is 6.10 Å². The molecule has 2 aliphatic carbocycles. The molecule has 1 saturated heterocycles. The number of aryl methyl sites for hydroxylation is 2. The molecule has 1 aromatic heterocycles. The summed E-state index contributed by atoms with van der Waals surface area (Å²) in [7, 11) is 1.00. The van der Waals surface area contributed by atoms with Gasteiger partial charge in [-0.05, 0) is 105 Å². The molecule has 0 amide bonds. The Bertz CT molecular complexity index is 1560. The summed E-state index contributed by atoms with van der Waals surface area (Å²) >= 11 is 0. The number of ether oxygens (including phenoxy) is 2. The van der Waals surface area contributed by atoms with Crippen LogP contribution in [0.3, 0.4) is 0 Å². The van der Waals surface area contributed by atoms with Crippen molar-refractivity contribution >= 4 is 22.9 Å². The van der Waals surface area contributed by atoms with Crippen LogP contribution in [0.4, 0.5) is 0 Å². The minimum absolute atomic E-state index is 0.0877. The minimum atomic E-state index is -0.410. The Morgan fingerprint density at radius 1 is 1.02 bits per heavy atom. The van der Waals surface area contributed by atoms with Crippen LogP contribution in [0.25, 0.3) is 11.0 Å². The quantitative estimate of drug-likeness (QED) is 0.168. The first kappa shape index (κ1) is 32.6. The molecule has 3 unspecified atom stereocenters. The van der Waals surface area contributed by atoms with Crippen molar-refractivity contribution < 1.29 is 28.6 Å². The van der Waals surface area contributed by atoms with Gasteiger partial charge in [-0.15, -0.1) is 0 Å². The van der Waals surface area contributed by atoms with E-state index in [0.29, 0.717) is 12.8 Å². The van der Waals surface area contributed by atoms with E-state index in [1.807, 2.05) is 36.4 Å². The number of allylic oxidation sites excluding steroid dienone is 1. The topological polar surface area (TPSA) is 86.0 Å². The van der Waals surface area contributed by atoms with E-state index in [0.717, 1.165) is 64.7 Å². The number of hydrogen-bond acceptors (Lipinski definition) is 6. The average molecular weight is 611 g/mol. The summed E-state index contributed by atoms with van der Waals surface area (Å²) in [5, 5.41) is 7.95. The number of fused-ring (bicyclic) bond motifs is 3. The van der Waals surface area contributed by atoms with Gasteiger partial charge in [-0.25, -0.2) is 4.79 Å². The third-order valence-electron chi connectivity index (χ3n) is 9.50. The lowest BCUT2D eigenvalue weighted by atomic mass is 9.58. The van der Waals surface area contributed by atoms with Crippen molar-refractivity contribution in [1.82, 2.24) is 0 Å². The Morgan fingerprint density at radius 2 is 1.71 bits per heavy atom. The van der Waals surface area contributed by atoms with Crippen LogP contribution in [0.2, 0.25) is 0 Å². The Kier molecular flexibility index (Phi) is 10.5. The first-order valence-electron chi connectivity index (χ1n) is 16.3. The molecule has 2 bridgehead atoms. The van der Waals surface area contributed by atoms with Gasteiger partial charge in [-0.1, -0.05) is 49.5 Å². The number of carbonyl (C=O) groups is 2. The predicted molar refractivity (Wildman–Crippen MR) is 175 cm³/mol. The molecule has 0 spiro atoms. The molecule has 1 aliphatic heterocycles. The zero-order chi connectivity index (χ0) is 32.0. The van der Waals surface area contributed by atoms with E-state index in [4.69, 9.17) is 19.0 Å². The van der Waals surface area contributed by atoms with Crippen molar-refractivity contribution in [1.29, 1.82) is 0 Å². The SMILES string of the molecule is CO.Cc1ccc(C#Cc2ccc3oc(CCC(=O)OCC4C/C(=C\CC5(C)CC6CC(C)CC(C6)C5)C(=O)O4)cc3c2)cc1. The number of rotatable bonds is 7. The maximum absolute atomic E-state index is 12.5. The molecule has 3 aromatic rings. The first-order valence-corrected chi connectivity index (χ1v) is 16.3. The van der Waals surface area contributed by atoms with E-state index in [9.17, 15) is 9.59 Å². The van der Waals surface area contributed by atoms with Gasteiger partial charge in [-0.3, -0.25) is 4.79 Å². The van der Waals surface area contributed by atoms with E-state index in [1.165, 1.54) is 37.7 Å². The van der Waals surface area contributed by atoms with Crippen LogP contribution < -0.4 is 0 Å². The largest absolute Gasteiger partial charge is 0.462 e. The van der Waals surface area contributed by atoms with E-state index in [2.05, 4.69) is 50.8 Å². The summed E-state index contributed by atoms with van der Waals surface area (Å²) in [5.74, 6) is 9.05. The highest BCUT2D eigenvalue weighted by Crippen LogP contribution is 2.52. The number of esters is 2. The van der Waals surface area contributed by atoms with Gasteiger partial charge in [0.05, 0.1) is 6.42 Å². The predicted octanol–water partition coefficient (Wildman–Crippen LogP) is 7.71. The lowest BCUT2D eigenvalue weighted by molar-refractivity contribution is -0.152. The Balaban J connectivity index is 0.00000196. The summed E-state index contributed by atoms with van der Waals surface area (Å²) in [6, 6.07) is 16.0. The molecule has 6 nitrogen and oxygen atoms in total.